The zero-order valence-electron chi connectivity index (χ0n) is 10.8. The number of hydrogen-bond acceptors (Lipinski definition) is 3. The molecular weight excluding hydrogens is 294 g/mol. The summed E-state index contributed by atoms with van der Waals surface area (Å²) < 4.78 is 25.8. The van der Waals surface area contributed by atoms with Crippen LogP contribution >= 0.6 is 11.8 Å². The van der Waals surface area contributed by atoms with Crippen LogP contribution in [0.1, 0.15) is 5.56 Å². The first-order valence-corrected chi connectivity index (χ1v) is 6.95. The van der Waals surface area contributed by atoms with Gasteiger partial charge < -0.3 is 5.32 Å². The normalized spacial score (nSPS) is 9.95. The van der Waals surface area contributed by atoms with Gasteiger partial charge in [0, 0.05) is 10.6 Å². The summed E-state index contributed by atoms with van der Waals surface area (Å²) in [6, 6.07) is 12.0. The maximum atomic E-state index is 13.0. The smallest absolute Gasteiger partial charge is 0.234 e. The molecule has 106 valence electrons. The van der Waals surface area contributed by atoms with Gasteiger partial charge in [0.25, 0.3) is 0 Å². The van der Waals surface area contributed by atoms with Gasteiger partial charge in [-0.3, -0.25) is 4.79 Å². The van der Waals surface area contributed by atoms with E-state index in [1.54, 1.807) is 24.3 Å². The number of carbonyl (C=O) groups excluding carboxylic acids is 1. The second kappa shape index (κ2) is 6.86. The van der Waals surface area contributed by atoms with Crippen LogP contribution in [0.3, 0.4) is 0 Å². The van der Waals surface area contributed by atoms with Gasteiger partial charge in [0.05, 0.1) is 17.4 Å². The first-order valence-electron chi connectivity index (χ1n) is 5.96. The van der Waals surface area contributed by atoms with Crippen molar-refractivity contribution in [2.45, 2.75) is 4.90 Å². The van der Waals surface area contributed by atoms with Gasteiger partial charge in [0.1, 0.15) is 0 Å². The van der Waals surface area contributed by atoms with Crippen molar-refractivity contribution >= 4 is 23.4 Å². The maximum Gasteiger partial charge on any atom is 0.234 e. The Balaban J connectivity index is 1.92. The number of nitrogens with zero attached hydrogens (tertiary/aromatic N) is 1. The van der Waals surface area contributed by atoms with Crippen LogP contribution in [0.2, 0.25) is 0 Å². The molecule has 21 heavy (non-hydrogen) atoms. The Hall–Kier alpha value is -2.39. The van der Waals surface area contributed by atoms with Gasteiger partial charge in [-0.1, -0.05) is 6.07 Å². The lowest BCUT2D eigenvalue weighted by atomic mass is 10.2. The molecule has 0 saturated carbocycles. The van der Waals surface area contributed by atoms with Crippen LogP contribution in [0.5, 0.6) is 0 Å². The third-order valence-corrected chi connectivity index (χ3v) is 3.53. The van der Waals surface area contributed by atoms with Crippen LogP contribution in [0.4, 0.5) is 14.5 Å². The minimum absolute atomic E-state index is 0.0574. The van der Waals surface area contributed by atoms with E-state index in [1.165, 1.54) is 6.07 Å². The van der Waals surface area contributed by atoms with Gasteiger partial charge in [-0.15, -0.1) is 11.8 Å². The lowest BCUT2D eigenvalue weighted by molar-refractivity contribution is -0.113. The minimum Gasteiger partial charge on any atom is -0.325 e. The molecule has 3 nitrogen and oxygen atoms in total. The Bertz CT molecular complexity index is 713. The molecule has 0 aliphatic carbocycles. The maximum absolute atomic E-state index is 13.0. The molecule has 1 N–H and O–H groups in total. The highest BCUT2D eigenvalue weighted by molar-refractivity contribution is 8.00. The molecule has 1 amide bonds. The average molecular weight is 304 g/mol. The number of halogens is 2. The van der Waals surface area contributed by atoms with Crippen molar-refractivity contribution in [2.75, 3.05) is 11.1 Å². The molecule has 0 aromatic heterocycles. The van der Waals surface area contributed by atoms with E-state index < -0.39 is 11.6 Å². The summed E-state index contributed by atoms with van der Waals surface area (Å²) in [5, 5.41) is 11.4. The molecule has 0 unspecified atom stereocenters. The van der Waals surface area contributed by atoms with Crippen LogP contribution in [-0.2, 0) is 4.79 Å². The van der Waals surface area contributed by atoms with Crippen LogP contribution in [0.25, 0.3) is 0 Å². The topological polar surface area (TPSA) is 52.9 Å². The Morgan fingerprint density at radius 2 is 2.00 bits per heavy atom. The summed E-state index contributed by atoms with van der Waals surface area (Å²) in [5.41, 5.74) is 0.964. The average Bonchev–Trinajstić information content (AvgIpc) is 2.48. The van der Waals surface area contributed by atoms with Crippen LogP contribution in [0, 0.1) is 23.0 Å². The molecule has 0 aliphatic rings. The largest absolute Gasteiger partial charge is 0.325 e. The molecule has 2 rings (SSSR count). The van der Waals surface area contributed by atoms with E-state index in [0.717, 1.165) is 23.9 Å². The predicted molar refractivity (Wildman–Crippen MR) is 76.9 cm³/mol. The quantitative estimate of drug-likeness (QED) is 0.879. The van der Waals surface area contributed by atoms with Crippen molar-refractivity contribution in [3.63, 3.8) is 0 Å². The lowest BCUT2D eigenvalue weighted by Gasteiger charge is -2.05. The van der Waals surface area contributed by atoms with Crippen LogP contribution in [0.15, 0.2) is 47.4 Å². The first-order chi connectivity index (χ1) is 10.1. The van der Waals surface area contributed by atoms with Crippen molar-refractivity contribution in [1.82, 2.24) is 0 Å². The third-order valence-electron chi connectivity index (χ3n) is 2.54. The van der Waals surface area contributed by atoms with Gasteiger partial charge in [-0.2, -0.15) is 5.26 Å². The van der Waals surface area contributed by atoms with E-state index in [1.807, 2.05) is 6.07 Å². The van der Waals surface area contributed by atoms with Crippen LogP contribution in [-0.4, -0.2) is 11.7 Å². The molecule has 2 aromatic carbocycles. The number of nitrogens with one attached hydrogen (secondary N) is 1. The second-order valence-electron chi connectivity index (χ2n) is 4.11. The molecule has 0 bridgehead atoms. The Labute approximate surface area is 124 Å². The standard InChI is InChI=1S/C15H10F2N2OS/c16-13-5-4-12(7-14(13)17)21-9-15(20)19-11-3-1-2-10(6-11)8-18/h1-7H,9H2,(H,19,20). The molecule has 2 aromatic rings. The number of amides is 1. The fraction of sp³-hybridized carbons (Fsp3) is 0.0667. The summed E-state index contributed by atoms with van der Waals surface area (Å²) >= 11 is 1.10. The highest BCUT2D eigenvalue weighted by atomic mass is 32.2. The van der Waals surface area contributed by atoms with E-state index in [2.05, 4.69) is 5.32 Å². The summed E-state index contributed by atoms with van der Waals surface area (Å²) in [5.74, 6) is -2.10. The fourth-order valence-corrected chi connectivity index (χ4v) is 2.30. The highest BCUT2D eigenvalue weighted by Crippen LogP contribution is 2.20. The number of benzene rings is 2. The van der Waals surface area contributed by atoms with Gasteiger partial charge in [0.15, 0.2) is 11.6 Å². The predicted octanol–water partition coefficient (Wildman–Crippen LogP) is 3.57. The number of carbonyl (C=O) groups is 1. The summed E-state index contributed by atoms with van der Waals surface area (Å²) in [7, 11) is 0. The number of nitriles is 1. The zero-order chi connectivity index (χ0) is 15.2. The zero-order valence-corrected chi connectivity index (χ0v) is 11.6. The molecule has 0 saturated heterocycles. The molecule has 0 radical (unpaired) electrons. The van der Waals surface area contributed by atoms with Crippen molar-refractivity contribution in [1.29, 1.82) is 5.26 Å². The Morgan fingerprint density at radius 1 is 1.19 bits per heavy atom. The minimum atomic E-state index is -0.942. The molecule has 0 spiro atoms. The third kappa shape index (κ3) is 4.29. The monoisotopic (exact) mass is 304 g/mol. The fourth-order valence-electron chi connectivity index (χ4n) is 1.58. The van der Waals surface area contributed by atoms with Gasteiger partial charge in [0.2, 0.25) is 5.91 Å². The van der Waals surface area contributed by atoms with Gasteiger partial charge >= 0.3 is 0 Å². The van der Waals surface area contributed by atoms with E-state index in [4.69, 9.17) is 5.26 Å². The number of hydrogen-bond donors (Lipinski definition) is 1. The van der Waals surface area contributed by atoms with E-state index >= 15 is 0 Å². The summed E-state index contributed by atoms with van der Waals surface area (Å²) in [4.78, 5) is 12.2. The van der Waals surface area contributed by atoms with Gasteiger partial charge in [-0.05, 0) is 36.4 Å². The number of anilines is 1. The summed E-state index contributed by atoms with van der Waals surface area (Å²) in [6.45, 7) is 0. The van der Waals surface area contributed by atoms with Crippen molar-refractivity contribution in [2.24, 2.45) is 0 Å². The lowest BCUT2D eigenvalue weighted by Crippen LogP contribution is -2.14. The second-order valence-corrected chi connectivity index (χ2v) is 5.15. The summed E-state index contributed by atoms with van der Waals surface area (Å²) in [6.07, 6.45) is 0. The highest BCUT2D eigenvalue weighted by Gasteiger charge is 2.07. The van der Waals surface area contributed by atoms with Crippen molar-refractivity contribution in [3.8, 4) is 6.07 Å². The van der Waals surface area contributed by atoms with E-state index in [0.29, 0.717) is 16.1 Å². The Kier molecular flexibility index (Phi) is 4.90. The number of rotatable bonds is 4. The van der Waals surface area contributed by atoms with E-state index in [9.17, 15) is 13.6 Å². The molecule has 6 heteroatoms. The van der Waals surface area contributed by atoms with Crippen molar-refractivity contribution < 1.29 is 13.6 Å². The van der Waals surface area contributed by atoms with E-state index in [-0.39, 0.29) is 11.7 Å². The number of thioether (sulfide) groups is 1. The Morgan fingerprint density at radius 3 is 2.71 bits per heavy atom. The first kappa shape index (κ1) is 15.0. The molecule has 0 atom stereocenters. The van der Waals surface area contributed by atoms with Crippen LogP contribution < -0.4 is 5.32 Å². The van der Waals surface area contributed by atoms with Crippen molar-refractivity contribution in [3.05, 3.63) is 59.7 Å². The SMILES string of the molecule is N#Cc1cccc(NC(=O)CSc2ccc(F)c(F)c2)c1. The molecule has 0 heterocycles. The molecular formula is C15H10F2N2OS. The van der Waals surface area contributed by atoms with Gasteiger partial charge in [-0.25, -0.2) is 8.78 Å². The molecule has 0 aliphatic heterocycles. The molecule has 0 fully saturated rings.